The van der Waals surface area contributed by atoms with E-state index >= 15 is 0 Å². The Morgan fingerprint density at radius 2 is 1.73 bits per heavy atom. The summed E-state index contributed by atoms with van der Waals surface area (Å²) in [6.45, 7) is 4.05. The van der Waals surface area contributed by atoms with E-state index in [1.807, 2.05) is 13.8 Å². The molecule has 216 valence electrons. The molecule has 0 radical (unpaired) electrons. The van der Waals surface area contributed by atoms with Crippen LogP contribution in [0.1, 0.15) is 38.7 Å². The molecule has 0 saturated heterocycles. The molecule has 2 aromatic carbocycles. The first kappa shape index (κ1) is 31.0. The minimum Gasteiger partial charge on any atom is -0.490 e. The van der Waals surface area contributed by atoms with Gasteiger partial charge in [0, 0.05) is 6.42 Å². The minimum atomic E-state index is -3.97. The molecule has 1 amide bonds. The molecule has 8 nitrogen and oxygen atoms in total. The van der Waals surface area contributed by atoms with Crippen LogP contribution in [-0.2, 0) is 35.4 Å². The van der Waals surface area contributed by atoms with Gasteiger partial charge in [0.25, 0.3) is 0 Å². The number of amides is 1. The lowest BCUT2D eigenvalue weighted by molar-refractivity contribution is -0.147. The zero-order valence-electron chi connectivity index (χ0n) is 23.0. The smallest absolute Gasteiger partial charge is 0.309 e. The second kappa shape index (κ2) is 14.2. The summed E-state index contributed by atoms with van der Waals surface area (Å²) in [5.41, 5.74) is 0.708. The van der Waals surface area contributed by atoms with E-state index in [9.17, 15) is 27.2 Å². The van der Waals surface area contributed by atoms with Crippen molar-refractivity contribution in [3.8, 4) is 5.75 Å². The monoisotopic (exact) mass is 573 g/mol. The first-order valence-electron chi connectivity index (χ1n) is 13.2. The molecule has 1 N–H and O–H groups in total. The number of carbonyl (C=O) groups is 3. The van der Waals surface area contributed by atoms with Crippen molar-refractivity contribution in [1.29, 1.82) is 0 Å². The van der Waals surface area contributed by atoms with Crippen molar-refractivity contribution in [1.82, 2.24) is 5.32 Å². The molecule has 2 aromatic rings. The molecule has 0 unspecified atom stereocenters. The molecule has 0 fully saturated rings. The largest absolute Gasteiger partial charge is 0.490 e. The van der Waals surface area contributed by atoms with Crippen LogP contribution in [0.4, 0.5) is 4.39 Å². The van der Waals surface area contributed by atoms with E-state index in [2.05, 4.69) is 5.32 Å². The summed E-state index contributed by atoms with van der Waals surface area (Å²) in [5, 5.41) is 2.79. The summed E-state index contributed by atoms with van der Waals surface area (Å²) in [5.74, 6) is -3.76. The molecule has 0 aromatic heterocycles. The van der Waals surface area contributed by atoms with Crippen molar-refractivity contribution in [3.63, 3.8) is 0 Å². The molecule has 2 aliphatic heterocycles. The second-order valence-electron chi connectivity index (χ2n) is 10.4. The molecule has 2 heterocycles. The standard InChI is InChI=1S/C30H36FNO7S/c1-20(2)16-27-28(33)18-22(30(35)38-3)6-4-5-15-39-25-11-7-21(8-12-25)17-23(29(34)32-27)19-40(36,37)26-13-9-24(31)10-14-26/h4-5,7-14,20,22-23,27H,6,15-19H2,1-3H3,(H,32,34)/b5-4+/t22-,23-,27+/m1/s1. The Balaban J connectivity index is 1.97. The van der Waals surface area contributed by atoms with Crippen LogP contribution in [0.3, 0.4) is 0 Å². The second-order valence-corrected chi connectivity index (χ2v) is 12.4. The summed E-state index contributed by atoms with van der Waals surface area (Å²) >= 11 is 0. The maximum absolute atomic E-state index is 13.6. The maximum Gasteiger partial charge on any atom is 0.309 e. The number of carbonyl (C=O) groups excluding carboxylic acids is 3. The number of halogens is 1. The van der Waals surface area contributed by atoms with E-state index in [1.54, 1.807) is 36.4 Å². The number of Topliss-reactive ketones (excluding diaryl/α,β-unsaturated/α-hetero) is 1. The van der Waals surface area contributed by atoms with Crippen molar-refractivity contribution < 1.29 is 36.7 Å². The van der Waals surface area contributed by atoms with Crippen LogP contribution in [-0.4, -0.2) is 51.6 Å². The van der Waals surface area contributed by atoms with E-state index in [-0.39, 0.29) is 42.5 Å². The zero-order valence-corrected chi connectivity index (χ0v) is 23.8. The number of sulfone groups is 1. The SMILES string of the molecule is COC(=O)[C@@H]1C/C=C/COc2ccc(cc2)C[C@H](CS(=O)(=O)c2ccc(F)cc2)C(=O)N[C@@H](CC(C)C)C(=O)C1. The Morgan fingerprint density at radius 3 is 2.35 bits per heavy atom. The van der Waals surface area contributed by atoms with Crippen LogP contribution >= 0.6 is 0 Å². The zero-order chi connectivity index (χ0) is 29.3. The Morgan fingerprint density at radius 1 is 1.05 bits per heavy atom. The van der Waals surface area contributed by atoms with Crippen molar-refractivity contribution >= 4 is 27.5 Å². The first-order chi connectivity index (χ1) is 19.0. The highest BCUT2D eigenvalue weighted by Crippen LogP contribution is 2.22. The van der Waals surface area contributed by atoms with Gasteiger partial charge < -0.3 is 14.8 Å². The average Bonchev–Trinajstić information content (AvgIpc) is 2.91. The van der Waals surface area contributed by atoms with E-state index < -0.39 is 51.2 Å². The van der Waals surface area contributed by atoms with Gasteiger partial charge in [-0.2, -0.15) is 0 Å². The number of hydrogen-bond donors (Lipinski definition) is 1. The molecule has 10 heteroatoms. The topological polar surface area (TPSA) is 116 Å². The molecule has 0 aliphatic carbocycles. The molecule has 40 heavy (non-hydrogen) atoms. The number of rotatable bonds is 6. The Bertz CT molecular complexity index is 1300. The highest BCUT2D eigenvalue weighted by molar-refractivity contribution is 7.91. The van der Waals surface area contributed by atoms with Crippen LogP contribution in [0.25, 0.3) is 0 Å². The minimum absolute atomic E-state index is 0.0333. The highest BCUT2D eigenvalue weighted by Gasteiger charge is 2.32. The van der Waals surface area contributed by atoms with Crippen LogP contribution < -0.4 is 10.1 Å². The van der Waals surface area contributed by atoms with Gasteiger partial charge in [0.2, 0.25) is 5.91 Å². The quantitative estimate of drug-likeness (QED) is 0.315. The number of ketones is 1. The summed E-state index contributed by atoms with van der Waals surface area (Å²) in [6, 6.07) is 10.5. The number of esters is 1. The Hall–Kier alpha value is -3.53. The fourth-order valence-electron chi connectivity index (χ4n) is 4.56. The average molecular weight is 574 g/mol. The Kier molecular flexibility index (Phi) is 11.0. The highest BCUT2D eigenvalue weighted by atomic mass is 32.2. The van der Waals surface area contributed by atoms with E-state index in [1.165, 1.54) is 19.2 Å². The third kappa shape index (κ3) is 9.01. The molecule has 2 aliphatic rings. The lowest BCUT2D eigenvalue weighted by Gasteiger charge is -2.24. The van der Waals surface area contributed by atoms with Gasteiger partial charge in [-0.25, -0.2) is 12.8 Å². The molecular weight excluding hydrogens is 537 g/mol. The van der Waals surface area contributed by atoms with E-state index in [0.29, 0.717) is 17.7 Å². The van der Waals surface area contributed by atoms with Gasteiger partial charge in [0.1, 0.15) is 18.2 Å². The van der Waals surface area contributed by atoms with Gasteiger partial charge in [-0.3, -0.25) is 14.4 Å². The summed E-state index contributed by atoms with van der Waals surface area (Å²) < 4.78 is 50.5. The first-order valence-corrected chi connectivity index (χ1v) is 14.9. The molecule has 3 atom stereocenters. The normalized spacial score (nSPS) is 21.8. The maximum atomic E-state index is 13.6. The fourth-order valence-corrected chi connectivity index (χ4v) is 6.10. The predicted molar refractivity (Wildman–Crippen MR) is 148 cm³/mol. The van der Waals surface area contributed by atoms with Gasteiger partial charge in [-0.1, -0.05) is 38.1 Å². The van der Waals surface area contributed by atoms with Crippen LogP contribution in [0, 0.1) is 23.6 Å². The van der Waals surface area contributed by atoms with Crippen LogP contribution in [0.15, 0.2) is 65.6 Å². The lowest BCUT2D eigenvalue weighted by Crippen LogP contribution is -2.47. The summed E-state index contributed by atoms with van der Waals surface area (Å²) in [6.07, 6.45) is 4.02. The predicted octanol–water partition coefficient (Wildman–Crippen LogP) is 4.08. The molecule has 0 spiro atoms. The lowest BCUT2D eigenvalue weighted by atomic mass is 9.91. The molecule has 2 bridgehead atoms. The molecule has 4 rings (SSSR count). The number of nitrogens with one attached hydrogen (secondary N) is 1. The van der Waals surface area contributed by atoms with E-state index in [0.717, 1.165) is 12.1 Å². The number of fused-ring (bicyclic) bond motifs is 13. The van der Waals surface area contributed by atoms with Crippen LogP contribution in [0.2, 0.25) is 0 Å². The number of hydrogen-bond acceptors (Lipinski definition) is 7. The van der Waals surface area contributed by atoms with Crippen molar-refractivity contribution in [2.75, 3.05) is 19.5 Å². The van der Waals surface area contributed by atoms with Gasteiger partial charge in [0.05, 0.1) is 35.6 Å². The number of methoxy groups -OCH3 is 1. The van der Waals surface area contributed by atoms with Crippen LogP contribution in [0.5, 0.6) is 5.75 Å². The summed E-state index contributed by atoms with van der Waals surface area (Å²) in [4.78, 5) is 39.3. The number of benzene rings is 2. The summed E-state index contributed by atoms with van der Waals surface area (Å²) in [7, 11) is -2.72. The van der Waals surface area contributed by atoms with E-state index in [4.69, 9.17) is 9.47 Å². The Labute approximate surface area is 234 Å². The van der Waals surface area contributed by atoms with Gasteiger partial charge >= 0.3 is 5.97 Å². The van der Waals surface area contributed by atoms with Gasteiger partial charge in [0.15, 0.2) is 15.6 Å². The van der Waals surface area contributed by atoms with Crippen molar-refractivity contribution in [2.24, 2.45) is 17.8 Å². The van der Waals surface area contributed by atoms with Gasteiger partial charge in [-0.15, -0.1) is 0 Å². The molecular formula is C30H36FNO7S. The van der Waals surface area contributed by atoms with Gasteiger partial charge in [-0.05, 0) is 67.1 Å². The number of ether oxygens (including phenoxy) is 2. The third-order valence-corrected chi connectivity index (χ3v) is 8.53. The van der Waals surface area contributed by atoms with Crippen molar-refractivity contribution in [3.05, 3.63) is 72.1 Å². The fraction of sp³-hybridized carbons (Fsp3) is 0.433. The third-order valence-electron chi connectivity index (χ3n) is 6.70. The number of allylic oxidation sites excluding steroid dienone is 1. The van der Waals surface area contributed by atoms with Crippen molar-refractivity contribution in [2.45, 2.75) is 50.5 Å². The molecule has 0 saturated carbocycles.